The van der Waals surface area contributed by atoms with Crippen molar-refractivity contribution in [2.75, 3.05) is 13.1 Å². The molecule has 1 aromatic carbocycles. The molecule has 0 saturated carbocycles. The highest BCUT2D eigenvalue weighted by atomic mass is 35.5. The standard InChI is InChI=1S/C14H14ClF2N3OS/c15-8-1-2-11-9(5-8)20-12(22-11)3-4-18-13(21)10-6-14(16,17)7-19-10/h1-2,5,10,19H,3-4,6-7H2,(H,18,21). The van der Waals surface area contributed by atoms with Crippen LogP contribution in [-0.2, 0) is 11.2 Å². The van der Waals surface area contributed by atoms with E-state index >= 15 is 0 Å². The van der Waals surface area contributed by atoms with Crippen molar-refractivity contribution in [1.29, 1.82) is 0 Å². The minimum Gasteiger partial charge on any atom is -0.354 e. The number of benzene rings is 1. The van der Waals surface area contributed by atoms with E-state index in [2.05, 4.69) is 15.6 Å². The highest BCUT2D eigenvalue weighted by molar-refractivity contribution is 7.18. The lowest BCUT2D eigenvalue weighted by Gasteiger charge is -2.10. The van der Waals surface area contributed by atoms with E-state index < -0.39 is 24.9 Å². The fraction of sp³-hybridized carbons (Fsp3) is 0.429. The number of rotatable bonds is 4. The zero-order valence-corrected chi connectivity index (χ0v) is 13.1. The van der Waals surface area contributed by atoms with Gasteiger partial charge in [0.05, 0.1) is 27.8 Å². The van der Waals surface area contributed by atoms with Crippen LogP contribution in [0.2, 0.25) is 5.02 Å². The second kappa shape index (κ2) is 6.06. The van der Waals surface area contributed by atoms with Gasteiger partial charge in [-0.1, -0.05) is 11.6 Å². The first-order valence-corrected chi connectivity index (χ1v) is 8.06. The van der Waals surface area contributed by atoms with E-state index in [1.807, 2.05) is 6.07 Å². The molecule has 4 nitrogen and oxygen atoms in total. The molecular weight excluding hydrogens is 332 g/mol. The van der Waals surface area contributed by atoms with Gasteiger partial charge in [0.1, 0.15) is 0 Å². The van der Waals surface area contributed by atoms with Crippen molar-refractivity contribution in [3.63, 3.8) is 0 Å². The first-order chi connectivity index (χ1) is 10.4. The van der Waals surface area contributed by atoms with Crippen LogP contribution in [0.25, 0.3) is 10.2 Å². The van der Waals surface area contributed by atoms with Crippen molar-refractivity contribution in [2.24, 2.45) is 0 Å². The molecule has 2 aromatic rings. The van der Waals surface area contributed by atoms with Gasteiger partial charge in [0.15, 0.2) is 0 Å². The largest absolute Gasteiger partial charge is 0.354 e. The molecule has 0 spiro atoms. The van der Waals surface area contributed by atoms with Crippen LogP contribution in [0.1, 0.15) is 11.4 Å². The maximum atomic E-state index is 13.0. The summed E-state index contributed by atoms with van der Waals surface area (Å²) in [6.07, 6.45) is 0.115. The number of carbonyl (C=O) groups is 1. The summed E-state index contributed by atoms with van der Waals surface area (Å²) in [4.78, 5) is 16.2. The second-order valence-electron chi connectivity index (χ2n) is 5.25. The van der Waals surface area contributed by atoms with Crippen molar-refractivity contribution >= 4 is 39.1 Å². The molecule has 1 amide bonds. The number of aromatic nitrogens is 1. The Morgan fingerprint density at radius 3 is 3.09 bits per heavy atom. The maximum Gasteiger partial charge on any atom is 0.262 e. The SMILES string of the molecule is O=C(NCCc1nc2cc(Cl)ccc2s1)C1CC(F)(F)CN1. The molecule has 1 atom stereocenters. The number of fused-ring (bicyclic) bond motifs is 1. The summed E-state index contributed by atoms with van der Waals surface area (Å²) in [6.45, 7) is -0.0696. The van der Waals surface area contributed by atoms with Gasteiger partial charge in [-0.3, -0.25) is 10.1 Å². The molecule has 8 heteroatoms. The molecule has 0 aliphatic carbocycles. The normalized spacial score (nSPS) is 20.4. The Morgan fingerprint density at radius 1 is 1.55 bits per heavy atom. The fourth-order valence-electron chi connectivity index (χ4n) is 2.37. The molecule has 1 aliphatic rings. The number of carbonyl (C=O) groups excluding carboxylic acids is 1. The number of amides is 1. The van der Waals surface area contributed by atoms with Gasteiger partial charge in [-0.25, -0.2) is 13.8 Å². The van der Waals surface area contributed by atoms with Crippen molar-refractivity contribution in [2.45, 2.75) is 24.8 Å². The van der Waals surface area contributed by atoms with Crippen molar-refractivity contribution < 1.29 is 13.6 Å². The van der Waals surface area contributed by atoms with Crippen LogP contribution in [0.4, 0.5) is 8.78 Å². The molecule has 1 saturated heterocycles. The Balaban J connectivity index is 1.53. The summed E-state index contributed by atoms with van der Waals surface area (Å²) in [5.74, 6) is -3.18. The highest BCUT2D eigenvalue weighted by Crippen LogP contribution is 2.26. The maximum absolute atomic E-state index is 13.0. The van der Waals surface area contributed by atoms with Crippen LogP contribution in [0.15, 0.2) is 18.2 Å². The Bertz CT molecular complexity index is 706. The molecule has 2 heterocycles. The molecule has 1 aromatic heterocycles. The predicted molar refractivity (Wildman–Crippen MR) is 82.7 cm³/mol. The first-order valence-electron chi connectivity index (χ1n) is 6.87. The van der Waals surface area contributed by atoms with Crippen LogP contribution >= 0.6 is 22.9 Å². The molecule has 118 valence electrons. The summed E-state index contributed by atoms with van der Waals surface area (Å²) in [7, 11) is 0. The summed E-state index contributed by atoms with van der Waals surface area (Å²) in [6, 6.07) is 4.69. The lowest BCUT2D eigenvalue weighted by atomic mass is 10.2. The van der Waals surface area contributed by atoms with Gasteiger partial charge in [-0.05, 0) is 18.2 Å². The van der Waals surface area contributed by atoms with Gasteiger partial charge in [-0.2, -0.15) is 0 Å². The van der Waals surface area contributed by atoms with Crippen LogP contribution in [-0.4, -0.2) is 35.9 Å². The van der Waals surface area contributed by atoms with Gasteiger partial charge >= 0.3 is 0 Å². The Morgan fingerprint density at radius 2 is 2.36 bits per heavy atom. The predicted octanol–water partition coefficient (Wildman–Crippen LogP) is 2.61. The van der Waals surface area contributed by atoms with Crippen molar-refractivity contribution in [3.05, 3.63) is 28.2 Å². The average Bonchev–Trinajstić information content (AvgIpc) is 3.01. The zero-order chi connectivity index (χ0) is 15.7. The Hall–Kier alpha value is -1.31. The van der Waals surface area contributed by atoms with Gasteiger partial charge in [-0.15, -0.1) is 11.3 Å². The van der Waals surface area contributed by atoms with Crippen LogP contribution in [0, 0.1) is 0 Å². The second-order valence-corrected chi connectivity index (χ2v) is 6.81. The summed E-state index contributed by atoms with van der Waals surface area (Å²) in [5.41, 5.74) is 0.830. The van der Waals surface area contributed by atoms with Crippen LogP contribution < -0.4 is 10.6 Å². The monoisotopic (exact) mass is 345 g/mol. The van der Waals surface area contributed by atoms with E-state index in [-0.39, 0.29) is 5.91 Å². The van der Waals surface area contributed by atoms with Crippen LogP contribution in [0.5, 0.6) is 0 Å². The third kappa shape index (κ3) is 3.53. The number of halogens is 3. The summed E-state index contributed by atoms with van der Waals surface area (Å²) < 4.78 is 27.1. The summed E-state index contributed by atoms with van der Waals surface area (Å²) in [5, 5.41) is 6.71. The number of thiazole rings is 1. The molecule has 0 bridgehead atoms. The van der Waals surface area contributed by atoms with Crippen molar-refractivity contribution in [1.82, 2.24) is 15.6 Å². The molecular formula is C14H14ClF2N3OS. The molecule has 3 rings (SSSR count). The molecule has 2 N–H and O–H groups in total. The van der Waals surface area contributed by atoms with E-state index in [9.17, 15) is 13.6 Å². The third-order valence-electron chi connectivity index (χ3n) is 3.46. The van der Waals surface area contributed by atoms with E-state index in [4.69, 9.17) is 11.6 Å². The molecule has 0 radical (unpaired) electrons. The summed E-state index contributed by atoms with van der Waals surface area (Å²) >= 11 is 7.44. The van der Waals surface area contributed by atoms with E-state index in [1.54, 1.807) is 12.1 Å². The minimum absolute atomic E-state index is 0.371. The first kappa shape index (κ1) is 15.6. The number of hydrogen-bond donors (Lipinski definition) is 2. The van der Waals surface area contributed by atoms with Gasteiger partial charge in [0.2, 0.25) is 5.91 Å². The van der Waals surface area contributed by atoms with Crippen molar-refractivity contribution in [3.8, 4) is 0 Å². The fourth-order valence-corrected chi connectivity index (χ4v) is 3.49. The lowest BCUT2D eigenvalue weighted by molar-refractivity contribution is -0.123. The van der Waals surface area contributed by atoms with Gasteiger partial charge < -0.3 is 5.32 Å². The van der Waals surface area contributed by atoms with E-state index in [0.29, 0.717) is 18.0 Å². The van der Waals surface area contributed by atoms with E-state index in [0.717, 1.165) is 15.2 Å². The van der Waals surface area contributed by atoms with E-state index in [1.165, 1.54) is 11.3 Å². The topological polar surface area (TPSA) is 54.0 Å². The molecule has 1 unspecified atom stereocenters. The van der Waals surface area contributed by atoms with Crippen LogP contribution in [0.3, 0.4) is 0 Å². The lowest BCUT2D eigenvalue weighted by Crippen LogP contribution is -2.41. The molecule has 1 fully saturated rings. The molecule has 22 heavy (non-hydrogen) atoms. The quantitative estimate of drug-likeness (QED) is 0.895. The zero-order valence-electron chi connectivity index (χ0n) is 11.5. The highest BCUT2D eigenvalue weighted by Gasteiger charge is 2.42. The number of hydrogen-bond acceptors (Lipinski definition) is 4. The van der Waals surface area contributed by atoms with Gasteiger partial charge in [0, 0.05) is 24.4 Å². The number of alkyl halides is 2. The Kier molecular flexibility index (Phi) is 4.29. The number of nitrogens with zero attached hydrogens (tertiary/aromatic N) is 1. The average molecular weight is 346 g/mol. The Labute approximate surface area is 134 Å². The third-order valence-corrected chi connectivity index (χ3v) is 4.79. The smallest absolute Gasteiger partial charge is 0.262 e. The molecule has 1 aliphatic heterocycles. The van der Waals surface area contributed by atoms with Gasteiger partial charge in [0.25, 0.3) is 5.92 Å². The minimum atomic E-state index is -2.80. The number of nitrogens with one attached hydrogen (secondary N) is 2.